The van der Waals surface area contributed by atoms with E-state index in [0.29, 0.717) is 12.0 Å². The van der Waals surface area contributed by atoms with Gasteiger partial charge in [0.15, 0.2) is 0 Å². The molecule has 5 nitrogen and oxygen atoms in total. The van der Waals surface area contributed by atoms with Crippen LogP contribution < -0.4 is 0 Å². The Labute approximate surface area is 165 Å². The van der Waals surface area contributed by atoms with E-state index in [1.807, 2.05) is 6.92 Å². The third kappa shape index (κ3) is 3.55. The Hall–Kier alpha value is -2.64. The summed E-state index contributed by atoms with van der Waals surface area (Å²) >= 11 is 0. The van der Waals surface area contributed by atoms with Gasteiger partial charge in [-0.3, -0.25) is 0 Å². The van der Waals surface area contributed by atoms with Crippen molar-refractivity contribution in [1.29, 1.82) is 0 Å². The molecule has 0 fully saturated rings. The summed E-state index contributed by atoms with van der Waals surface area (Å²) in [5, 5.41) is 10.3. The number of hydrogen-bond acceptors (Lipinski definition) is 5. The maximum atomic E-state index is 13.2. The Morgan fingerprint density at radius 2 is 1.29 bits per heavy atom. The van der Waals surface area contributed by atoms with Crippen molar-refractivity contribution in [3.8, 4) is 5.75 Å². The lowest BCUT2D eigenvalue weighted by molar-refractivity contribution is 0.456. The molecule has 0 amide bonds. The molecule has 0 aliphatic carbocycles. The standard InChI is InChI=1S/C21H20O5S2/c1-3-16-13-19(22)21(28(25,26)17-7-5-4-6-8-17)14-20(16)27(23,24)18-11-9-15(2)10-12-18/h4-14,22H,3H2,1-2H3. The number of sulfone groups is 2. The van der Waals surface area contributed by atoms with Crippen molar-refractivity contribution in [2.45, 2.75) is 39.9 Å². The second-order valence-electron chi connectivity index (χ2n) is 6.41. The quantitative estimate of drug-likeness (QED) is 0.681. The molecule has 0 spiro atoms. The Morgan fingerprint density at radius 3 is 1.86 bits per heavy atom. The molecule has 3 aromatic carbocycles. The smallest absolute Gasteiger partial charge is 0.210 e. The first kappa shape index (κ1) is 20.1. The van der Waals surface area contributed by atoms with Crippen molar-refractivity contribution < 1.29 is 21.9 Å². The number of rotatable bonds is 5. The van der Waals surface area contributed by atoms with Gasteiger partial charge in [0.1, 0.15) is 10.6 Å². The molecule has 3 rings (SSSR count). The van der Waals surface area contributed by atoms with Crippen LogP contribution in [0.15, 0.2) is 86.3 Å². The minimum absolute atomic E-state index is 0.0202. The summed E-state index contributed by atoms with van der Waals surface area (Å²) in [6.45, 7) is 3.59. The minimum atomic E-state index is -4.08. The molecule has 28 heavy (non-hydrogen) atoms. The molecule has 0 aliphatic rings. The maximum Gasteiger partial charge on any atom is 0.210 e. The zero-order valence-electron chi connectivity index (χ0n) is 15.5. The molecule has 0 radical (unpaired) electrons. The van der Waals surface area contributed by atoms with Gasteiger partial charge in [0, 0.05) is 0 Å². The molecule has 0 aliphatic heterocycles. The molecule has 1 N–H and O–H groups in total. The molecule has 0 bridgehead atoms. The first-order chi connectivity index (χ1) is 13.2. The zero-order chi connectivity index (χ0) is 20.5. The predicted octanol–water partition coefficient (Wildman–Crippen LogP) is 3.93. The van der Waals surface area contributed by atoms with E-state index in [-0.39, 0.29) is 14.7 Å². The monoisotopic (exact) mass is 416 g/mol. The van der Waals surface area contributed by atoms with Crippen LogP contribution in [-0.4, -0.2) is 21.9 Å². The molecule has 0 unspecified atom stereocenters. The number of benzene rings is 3. The van der Waals surface area contributed by atoms with Crippen LogP contribution in [0.4, 0.5) is 0 Å². The van der Waals surface area contributed by atoms with Gasteiger partial charge in [-0.25, -0.2) is 16.8 Å². The summed E-state index contributed by atoms with van der Waals surface area (Å²) in [4.78, 5) is -0.498. The molecule has 3 aromatic rings. The Morgan fingerprint density at radius 1 is 0.750 bits per heavy atom. The number of aromatic hydroxyl groups is 1. The molecule has 0 heterocycles. The normalized spacial score (nSPS) is 12.1. The first-order valence-electron chi connectivity index (χ1n) is 8.65. The molecule has 146 valence electrons. The van der Waals surface area contributed by atoms with Gasteiger partial charge in [-0.2, -0.15) is 0 Å². The Kier molecular flexibility index (Phi) is 5.32. The molecule has 0 saturated carbocycles. The summed E-state index contributed by atoms with van der Waals surface area (Å²) in [5.74, 6) is -0.469. The van der Waals surface area contributed by atoms with Gasteiger partial charge in [0.2, 0.25) is 19.7 Å². The fraction of sp³-hybridized carbons (Fsp3) is 0.143. The summed E-state index contributed by atoms with van der Waals surface area (Å²) in [7, 11) is -8.04. The van der Waals surface area contributed by atoms with Crippen molar-refractivity contribution in [1.82, 2.24) is 0 Å². The van der Waals surface area contributed by atoms with E-state index >= 15 is 0 Å². The molecular formula is C21H20O5S2. The number of hydrogen-bond donors (Lipinski definition) is 1. The van der Waals surface area contributed by atoms with Crippen LogP contribution in [0.5, 0.6) is 5.75 Å². The van der Waals surface area contributed by atoms with Crippen LogP contribution in [0, 0.1) is 6.92 Å². The van der Waals surface area contributed by atoms with Gasteiger partial charge < -0.3 is 5.11 Å². The van der Waals surface area contributed by atoms with E-state index in [2.05, 4.69) is 0 Å². The largest absolute Gasteiger partial charge is 0.507 e. The molecule has 7 heteroatoms. The van der Waals surface area contributed by atoms with E-state index in [1.54, 1.807) is 37.3 Å². The van der Waals surface area contributed by atoms with Crippen molar-refractivity contribution in [3.63, 3.8) is 0 Å². The average molecular weight is 417 g/mol. The minimum Gasteiger partial charge on any atom is -0.507 e. The molecule has 0 aromatic heterocycles. The average Bonchev–Trinajstić information content (AvgIpc) is 2.68. The highest BCUT2D eigenvalue weighted by atomic mass is 32.2. The molecule has 0 saturated heterocycles. The highest BCUT2D eigenvalue weighted by Crippen LogP contribution is 2.35. The fourth-order valence-electron chi connectivity index (χ4n) is 2.91. The van der Waals surface area contributed by atoms with Crippen LogP contribution in [0.2, 0.25) is 0 Å². The number of phenols is 1. The summed E-state index contributed by atoms with van der Waals surface area (Å²) < 4.78 is 52.3. The zero-order valence-corrected chi connectivity index (χ0v) is 17.1. The van der Waals surface area contributed by atoms with Crippen molar-refractivity contribution >= 4 is 19.7 Å². The van der Waals surface area contributed by atoms with Gasteiger partial charge in [-0.1, -0.05) is 42.8 Å². The first-order valence-corrected chi connectivity index (χ1v) is 11.6. The molecular weight excluding hydrogens is 396 g/mol. The van der Waals surface area contributed by atoms with Crippen LogP contribution >= 0.6 is 0 Å². The number of phenolic OH excluding ortho intramolecular Hbond substituents is 1. The van der Waals surface area contributed by atoms with Crippen LogP contribution in [0.1, 0.15) is 18.1 Å². The second-order valence-corrected chi connectivity index (χ2v) is 10.3. The van der Waals surface area contributed by atoms with Crippen LogP contribution in [-0.2, 0) is 26.1 Å². The third-order valence-corrected chi connectivity index (χ3v) is 8.14. The lowest BCUT2D eigenvalue weighted by Crippen LogP contribution is -2.09. The van der Waals surface area contributed by atoms with E-state index in [1.165, 1.54) is 30.3 Å². The van der Waals surface area contributed by atoms with Gasteiger partial charge in [-0.15, -0.1) is 0 Å². The van der Waals surface area contributed by atoms with Gasteiger partial charge in [0.25, 0.3) is 0 Å². The second kappa shape index (κ2) is 7.41. The van der Waals surface area contributed by atoms with Crippen LogP contribution in [0.3, 0.4) is 0 Å². The van der Waals surface area contributed by atoms with Crippen LogP contribution in [0.25, 0.3) is 0 Å². The van der Waals surface area contributed by atoms with Crippen molar-refractivity contribution in [3.05, 3.63) is 77.9 Å². The van der Waals surface area contributed by atoms with E-state index in [4.69, 9.17) is 0 Å². The lowest BCUT2D eigenvalue weighted by Gasteiger charge is -2.14. The van der Waals surface area contributed by atoms with Gasteiger partial charge in [0.05, 0.1) is 14.7 Å². The predicted molar refractivity (Wildman–Crippen MR) is 106 cm³/mol. The summed E-state index contributed by atoms with van der Waals surface area (Å²) in [6, 6.07) is 16.2. The molecule has 0 atom stereocenters. The van der Waals surface area contributed by atoms with E-state index in [9.17, 15) is 21.9 Å². The van der Waals surface area contributed by atoms with Gasteiger partial charge in [-0.05, 0) is 55.3 Å². The van der Waals surface area contributed by atoms with E-state index < -0.39 is 30.3 Å². The number of aryl methyl sites for hydroxylation is 2. The topological polar surface area (TPSA) is 88.5 Å². The van der Waals surface area contributed by atoms with E-state index in [0.717, 1.165) is 11.6 Å². The Bertz CT molecular complexity index is 1210. The SMILES string of the molecule is CCc1cc(O)c(S(=O)(=O)c2ccccc2)cc1S(=O)(=O)c1ccc(C)cc1. The fourth-order valence-corrected chi connectivity index (χ4v) is 5.93. The summed E-state index contributed by atoms with van der Waals surface area (Å²) in [6.07, 6.45) is 0.319. The van der Waals surface area contributed by atoms with Crippen molar-refractivity contribution in [2.75, 3.05) is 0 Å². The highest BCUT2D eigenvalue weighted by molar-refractivity contribution is 7.92. The highest BCUT2D eigenvalue weighted by Gasteiger charge is 2.28. The maximum absolute atomic E-state index is 13.2. The van der Waals surface area contributed by atoms with Crippen molar-refractivity contribution in [2.24, 2.45) is 0 Å². The lowest BCUT2D eigenvalue weighted by atomic mass is 10.1. The van der Waals surface area contributed by atoms with Gasteiger partial charge >= 0.3 is 0 Å². The third-order valence-electron chi connectivity index (χ3n) is 4.49. The summed E-state index contributed by atoms with van der Waals surface area (Å²) in [5.41, 5.74) is 1.26. The Balaban J connectivity index is 2.26.